The molecule has 0 aliphatic carbocycles. The molecule has 0 saturated heterocycles. The quantitative estimate of drug-likeness (QED) is 0.671. The van der Waals surface area contributed by atoms with E-state index >= 15 is 0 Å². The van der Waals surface area contributed by atoms with Crippen molar-refractivity contribution >= 4 is 17.1 Å². The van der Waals surface area contributed by atoms with Crippen molar-refractivity contribution in [1.82, 2.24) is 0 Å². The number of hydrogen-bond acceptors (Lipinski definition) is 5. The zero-order chi connectivity index (χ0) is 15.4. The Morgan fingerprint density at radius 3 is 2.33 bits per heavy atom. The van der Waals surface area contributed by atoms with Gasteiger partial charge in [0.2, 0.25) is 0 Å². The molecule has 1 N–H and O–H groups in total. The van der Waals surface area contributed by atoms with Gasteiger partial charge in [-0.1, -0.05) is 24.3 Å². The molecule has 0 unspecified atom stereocenters. The molecular formula is C14H13N3O4. The second kappa shape index (κ2) is 6.00. The Morgan fingerprint density at radius 1 is 1.00 bits per heavy atom. The molecule has 0 radical (unpaired) electrons. The van der Waals surface area contributed by atoms with Gasteiger partial charge in [-0.3, -0.25) is 20.2 Å². The Morgan fingerprint density at radius 2 is 1.67 bits per heavy atom. The molecule has 0 aliphatic heterocycles. The van der Waals surface area contributed by atoms with Crippen molar-refractivity contribution in [3.8, 4) is 0 Å². The molecule has 2 aromatic rings. The third-order valence-electron chi connectivity index (χ3n) is 3.01. The number of nitrogens with zero attached hydrogens (tertiary/aromatic N) is 2. The summed E-state index contributed by atoms with van der Waals surface area (Å²) >= 11 is 0. The van der Waals surface area contributed by atoms with Crippen LogP contribution in [0.4, 0.5) is 17.1 Å². The molecule has 0 bridgehead atoms. The fourth-order valence-corrected chi connectivity index (χ4v) is 1.98. The summed E-state index contributed by atoms with van der Waals surface area (Å²) < 4.78 is 0. The van der Waals surface area contributed by atoms with E-state index in [0.717, 1.165) is 5.56 Å². The number of rotatable bonds is 5. The topological polar surface area (TPSA) is 98.3 Å². The molecule has 0 heterocycles. The van der Waals surface area contributed by atoms with Crippen molar-refractivity contribution in [2.24, 2.45) is 0 Å². The largest absolute Gasteiger partial charge is 0.375 e. The summed E-state index contributed by atoms with van der Waals surface area (Å²) in [7, 11) is 0. The van der Waals surface area contributed by atoms with Crippen LogP contribution in [0.2, 0.25) is 0 Å². The maximum absolute atomic E-state index is 11.0. The average Bonchev–Trinajstić information content (AvgIpc) is 2.45. The third kappa shape index (κ3) is 3.33. The van der Waals surface area contributed by atoms with E-state index in [1.807, 2.05) is 6.92 Å². The van der Waals surface area contributed by atoms with Gasteiger partial charge in [-0.05, 0) is 18.6 Å². The van der Waals surface area contributed by atoms with Crippen LogP contribution in [0.15, 0.2) is 42.5 Å². The van der Waals surface area contributed by atoms with Gasteiger partial charge in [-0.2, -0.15) is 0 Å². The van der Waals surface area contributed by atoms with Crippen molar-refractivity contribution in [2.45, 2.75) is 13.5 Å². The van der Waals surface area contributed by atoms with Crippen molar-refractivity contribution in [3.63, 3.8) is 0 Å². The molecule has 108 valence electrons. The van der Waals surface area contributed by atoms with Gasteiger partial charge >= 0.3 is 0 Å². The van der Waals surface area contributed by atoms with Crippen LogP contribution in [0.25, 0.3) is 0 Å². The lowest BCUT2D eigenvalue weighted by Gasteiger charge is -2.08. The first-order valence-corrected chi connectivity index (χ1v) is 6.20. The van der Waals surface area contributed by atoms with Gasteiger partial charge in [-0.25, -0.2) is 0 Å². The minimum absolute atomic E-state index is 0.0136. The van der Waals surface area contributed by atoms with E-state index in [-0.39, 0.29) is 17.9 Å². The number of hydrogen-bond donors (Lipinski definition) is 1. The smallest absolute Gasteiger partial charge is 0.292 e. The number of para-hydroxylation sites is 1. The highest BCUT2D eigenvalue weighted by atomic mass is 16.6. The highest BCUT2D eigenvalue weighted by Gasteiger charge is 2.16. The molecule has 0 aromatic heterocycles. The van der Waals surface area contributed by atoms with Crippen molar-refractivity contribution in [3.05, 3.63) is 73.8 Å². The number of aryl methyl sites for hydroxylation is 1. The monoisotopic (exact) mass is 287 g/mol. The minimum atomic E-state index is -0.485. The van der Waals surface area contributed by atoms with Crippen LogP contribution in [0, 0.1) is 27.2 Å². The lowest BCUT2D eigenvalue weighted by molar-refractivity contribution is -0.385. The maximum Gasteiger partial charge on any atom is 0.292 e. The standard InChI is InChI=1S/C14H13N3O4/c1-10-6-7-14(17(20)21)12(8-10)15-9-11-4-2-3-5-13(11)16(18)19/h2-8,15H,9H2,1H3. The molecule has 0 saturated carbocycles. The van der Waals surface area contributed by atoms with E-state index in [1.165, 1.54) is 12.1 Å². The van der Waals surface area contributed by atoms with Gasteiger partial charge in [0.1, 0.15) is 5.69 Å². The van der Waals surface area contributed by atoms with E-state index in [1.54, 1.807) is 30.3 Å². The lowest BCUT2D eigenvalue weighted by atomic mass is 10.1. The summed E-state index contributed by atoms with van der Waals surface area (Å²) in [6.45, 7) is 1.96. The van der Waals surface area contributed by atoms with Crippen LogP contribution in [-0.2, 0) is 6.54 Å². The van der Waals surface area contributed by atoms with Gasteiger partial charge in [0, 0.05) is 24.2 Å². The first kappa shape index (κ1) is 14.4. The fraction of sp³-hybridized carbons (Fsp3) is 0.143. The van der Waals surface area contributed by atoms with Gasteiger partial charge < -0.3 is 5.32 Å². The van der Waals surface area contributed by atoms with E-state index in [4.69, 9.17) is 0 Å². The zero-order valence-electron chi connectivity index (χ0n) is 11.3. The predicted molar refractivity (Wildman–Crippen MR) is 78.3 cm³/mol. The van der Waals surface area contributed by atoms with Gasteiger partial charge in [0.25, 0.3) is 11.4 Å². The molecule has 7 heteroatoms. The summed E-state index contributed by atoms with van der Waals surface area (Å²) in [6.07, 6.45) is 0. The van der Waals surface area contributed by atoms with Crippen LogP contribution in [0.1, 0.15) is 11.1 Å². The van der Waals surface area contributed by atoms with E-state index in [2.05, 4.69) is 5.32 Å². The number of nitrogens with one attached hydrogen (secondary N) is 1. The van der Waals surface area contributed by atoms with Crippen molar-refractivity contribution in [1.29, 1.82) is 0 Å². The normalized spacial score (nSPS) is 10.1. The van der Waals surface area contributed by atoms with Crippen LogP contribution in [0.5, 0.6) is 0 Å². The number of benzene rings is 2. The number of anilines is 1. The summed E-state index contributed by atoms with van der Waals surface area (Å²) in [5.41, 5.74) is 1.61. The van der Waals surface area contributed by atoms with Crippen LogP contribution in [0.3, 0.4) is 0 Å². The molecular weight excluding hydrogens is 274 g/mol. The molecule has 0 atom stereocenters. The molecule has 21 heavy (non-hydrogen) atoms. The number of nitro groups is 2. The zero-order valence-corrected chi connectivity index (χ0v) is 11.3. The summed E-state index contributed by atoms with van der Waals surface area (Å²) in [4.78, 5) is 21.0. The molecule has 0 amide bonds. The summed E-state index contributed by atoms with van der Waals surface area (Å²) in [5, 5.41) is 24.8. The first-order chi connectivity index (χ1) is 9.99. The molecule has 2 aromatic carbocycles. The average molecular weight is 287 g/mol. The molecule has 7 nitrogen and oxygen atoms in total. The Bertz CT molecular complexity index is 700. The Kier molecular flexibility index (Phi) is 4.13. The van der Waals surface area contributed by atoms with Crippen LogP contribution in [-0.4, -0.2) is 9.85 Å². The van der Waals surface area contributed by atoms with Crippen molar-refractivity contribution in [2.75, 3.05) is 5.32 Å². The lowest BCUT2D eigenvalue weighted by Crippen LogP contribution is -2.05. The summed E-state index contributed by atoms with van der Waals surface area (Å²) in [5.74, 6) is 0. The molecule has 2 rings (SSSR count). The van der Waals surface area contributed by atoms with Gasteiger partial charge in [-0.15, -0.1) is 0 Å². The summed E-state index contributed by atoms with van der Waals surface area (Å²) in [6, 6.07) is 11.0. The predicted octanol–water partition coefficient (Wildman–Crippen LogP) is 3.42. The maximum atomic E-state index is 11.0. The molecule has 0 fully saturated rings. The second-order valence-electron chi connectivity index (χ2n) is 4.52. The molecule has 0 spiro atoms. The fourth-order valence-electron chi connectivity index (χ4n) is 1.98. The first-order valence-electron chi connectivity index (χ1n) is 6.20. The van der Waals surface area contributed by atoms with E-state index < -0.39 is 9.85 Å². The Hall–Kier alpha value is -2.96. The third-order valence-corrected chi connectivity index (χ3v) is 3.01. The Balaban J connectivity index is 2.27. The van der Waals surface area contributed by atoms with E-state index in [9.17, 15) is 20.2 Å². The molecule has 0 aliphatic rings. The highest BCUT2D eigenvalue weighted by Crippen LogP contribution is 2.27. The van der Waals surface area contributed by atoms with Gasteiger partial charge in [0.15, 0.2) is 0 Å². The highest BCUT2D eigenvalue weighted by molar-refractivity contribution is 5.63. The SMILES string of the molecule is Cc1ccc([N+](=O)[O-])c(NCc2ccccc2[N+](=O)[O-])c1. The van der Waals surface area contributed by atoms with Crippen LogP contribution < -0.4 is 5.32 Å². The van der Waals surface area contributed by atoms with Crippen molar-refractivity contribution < 1.29 is 9.85 Å². The Labute approximate surface area is 120 Å². The van der Waals surface area contributed by atoms with Crippen LogP contribution >= 0.6 is 0 Å². The number of nitro benzene ring substituents is 2. The van der Waals surface area contributed by atoms with E-state index in [0.29, 0.717) is 11.3 Å². The van der Waals surface area contributed by atoms with Gasteiger partial charge in [0.05, 0.1) is 9.85 Å². The minimum Gasteiger partial charge on any atom is -0.375 e. The second-order valence-corrected chi connectivity index (χ2v) is 4.52.